The summed E-state index contributed by atoms with van der Waals surface area (Å²) in [7, 11) is 0. The third-order valence-electron chi connectivity index (χ3n) is 6.24. The first kappa shape index (κ1) is 23.8. The number of hydrogen-bond donors (Lipinski definition) is 1. The summed E-state index contributed by atoms with van der Waals surface area (Å²) in [6, 6.07) is 6.99. The van der Waals surface area contributed by atoms with Crippen molar-refractivity contribution in [2.75, 3.05) is 19.7 Å². The lowest BCUT2D eigenvalue weighted by Gasteiger charge is -2.34. The molecule has 3 rings (SSSR count). The molecule has 1 aromatic carbocycles. The molecule has 1 aliphatic carbocycles. The van der Waals surface area contributed by atoms with Gasteiger partial charge in [-0.25, -0.2) is 9.59 Å². The summed E-state index contributed by atoms with van der Waals surface area (Å²) in [6.07, 6.45) is 4.91. The molecule has 0 aromatic heterocycles. The van der Waals surface area contributed by atoms with Crippen molar-refractivity contribution in [1.82, 2.24) is 0 Å². The van der Waals surface area contributed by atoms with Gasteiger partial charge in [0.1, 0.15) is 13.1 Å². The zero-order chi connectivity index (χ0) is 20.1. The molecule has 7 heteroatoms. The minimum atomic E-state index is -1.35. The van der Waals surface area contributed by atoms with Gasteiger partial charge in [0.25, 0.3) is 0 Å². The fourth-order valence-electron chi connectivity index (χ4n) is 4.61. The number of ether oxygens (including phenoxy) is 1. The van der Waals surface area contributed by atoms with Crippen LogP contribution in [0.15, 0.2) is 24.3 Å². The molecule has 1 saturated heterocycles. The number of carbonyl (C=O) groups is 2. The topological polar surface area (TPSA) is 72.8 Å². The molecule has 1 aromatic rings. The molecule has 0 radical (unpaired) electrons. The van der Waals surface area contributed by atoms with Gasteiger partial charge in [-0.2, -0.15) is 0 Å². The Morgan fingerprint density at radius 3 is 2.34 bits per heavy atom. The van der Waals surface area contributed by atoms with Gasteiger partial charge in [-0.05, 0) is 36.8 Å². The van der Waals surface area contributed by atoms with E-state index in [2.05, 4.69) is 0 Å². The van der Waals surface area contributed by atoms with Crippen LogP contribution < -0.4 is 17.0 Å². The van der Waals surface area contributed by atoms with Crippen LogP contribution in [-0.2, 0) is 19.2 Å². The third kappa shape index (κ3) is 5.19. The molecule has 1 saturated carbocycles. The van der Waals surface area contributed by atoms with Crippen molar-refractivity contribution in [3.8, 4) is 0 Å². The van der Waals surface area contributed by atoms with Gasteiger partial charge in [-0.3, -0.25) is 4.84 Å². The third-order valence-corrected chi connectivity index (χ3v) is 6.24. The minimum absolute atomic E-state index is 0. The number of rotatable bonds is 7. The van der Waals surface area contributed by atoms with E-state index in [0.717, 1.165) is 31.2 Å². The summed E-state index contributed by atoms with van der Waals surface area (Å²) in [4.78, 5) is 31.0. The van der Waals surface area contributed by atoms with E-state index < -0.39 is 18.1 Å². The van der Waals surface area contributed by atoms with Crippen molar-refractivity contribution in [2.24, 2.45) is 0 Å². The molecular formula is C22H32BrNO5. The standard InChI is InChI=1S/C22H32NO5.BrH/c1-3-27-21(25)16(2)23(14-8-9-15-23)28-22(26)20(24)19-13-7-6-12-18(19)17-10-4-5-11-17;/h6-7,12-13,16-17,20,24H,3-5,8-11,14-15H2,1-2H3;1H/q+1;/p-1/t16-,20-;/m1./s1. The lowest BCUT2D eigenvalue weighted by molar-refractivity contribution is -1.09. The van der Waals surface area contributed by atoms with Crippen LogP contribution in [0.1, 0.15) is 75.5 Å². The Kier molecular flexibility index (Phi) is 8.67. The van der Waals surface area contributed by atoms with Gasteiger partial charge in [0, 0.05) is 19.8 Å². The number of halogens is 1. The van der Waals surface area contributed by atoms with Crippen molar-refractivity contribution in [3.05, 3.63) is 35.4 Å². The number of nitrogens with zero attached hydrogens (tertiary/aromatic N) is 1. The van der Waals surface area contributed by atoms with E-state index in [4.69, 9.17) is 9.57 Å². The molecule has 162 valence electrons. The Morgan fingerprint density at radius 1 is 1.10 bits per heavy atom. The fourth-order valence-corrected chi connectivity index (χ4v) is 4.61. The number of carbonyl (C=O) groups excluding carboxylic acids is 2. The highest BCUT2D eigenvalue weighted by atomic mass is 79.9. The van der Waals surface area contributed by atoms with Gasteiger partial charge in [0.2, 0.25) is 6.04 Å². The Labute approximate surface area is 183 Å². The maximum atomic E-state index is 12.9. The maximum Gasteiger partial charge on any atom is 0.399 e. The predicted molar refractivity (Wildman–Crippen MR) is 104 cm³/mol. The van der Waals surface area contributed by atoms with Crippen LogP contribution >= 0.6 is 0 Å². The van der Waals surface area contributed by atoms with Crippen LogP contribution in [0.25, 0.3) is 0 Å². The summed E-state index contributed by atoms with van der Waals surface area (Å²) in [5, 5.41) is 10.8. The number of aliphatic hydroxyl groups excluding tert-OH is 1. The van der Waals surface area contributed by atoms with Crippen molar-refractivity contribution < 1.29 is 45.9 Å². The maximum absolute atomic E-state index is 12.9. The normalized spacial score (nSPS) is 20.5. The fraction of sp³-hybridized carbons (Fsp3) is 0.636. The quantitative estimate of drug-likeness (QED) is 0.462. The van der Waals surface area contributed by atoms with Crippen molar-refractivity contribution in [2.45, 2.75) is 70.4 Å². The number of quaternary nitrogens is 1. The molecule has 0 spiro atoms. The van der Waals surface area contributed by atoms with Gasteiger partial charge in [-0.15, -0.1) is 4.65 Å². The minimum Gasteiger partial charge on any atom is -1.00 e. The summed E-state index contributed by atoms with van der Waals surface area (Å²) in [6.45, 7) is 4.89. The summed E-state index contributed by atoms with van der Waals surface area (Å²) >= 11 is 0. The predicted octanol–water partition coefficient (Wildman–Crippen LogP) is 0.402. The van der Waals surface area contributed by atoms with E-state index in [9.17, 15) is 14.7 Å². The summed E-state index contributed by atoms with van der Waals surface area (Å²) in [5.74, 6) is -0.687. The van der Waals surface area contributed by atoms with Crippen LogP contribution in [0.3, 0.4) is 0 Å². The van der Waals surface area contributed by atoms with Crippen molar-refractivity contribution in [1.29, 1.82) is 0 Å². The second-order valence-corrected chi connectivity index (χ2v) is 7.96. The molecule has 2 fully saturated rings. The zero-order valence-electron chi connectivity index (χ0n) is 17.3. The molecule has 2 atom stereocenters. The number of aliphatic hydroxyl groups is 1. The van der Waals surface area contributed by atoms with Crippen LogP contribution in [0.2, 0.25) is 0 Å². The van der Waals surface area contributed by atoms with Crippen LogP contribution in [0.5, 0.6) is 0 Å². The van der Waals surface area contributed by atoms with E-state index in [1.165, 1.54) is 12.8 Å². The molecule has 1 heterocycles. The van der Waals surface area contributed by atoms with Gasteiger partial charge >= 0.3 is 11.9 Å². The first-order valence-electron chi connectivity index (χ1n) is 10.5. The Hall–Kier alpha value is -1.44. The molecule has 1 N–H and O–H groups in total. The van der Waals surface area contributed by atoms with E-state index >= 15 is 0 Å². The SMILES string of the molecule is CCOC(=O)[C@@H](C)[N+]1(OC(=O)[C@H](O)c2ccccc2C2CCCC2)CCCC1.[Br-]. The number of hydroxylamine groups is 3. The number of likely N-dealkylation sites (tertiary alicyclic amines) is 1. The Morgan fingerprint density at radius 2 is 1.72 bits per heavy atom. The van der Waals surface area contributed by atoms with E-state index in [1.807, 2.05) is 24.3 Å². The highest BCUT2D eigenvalue weighted by Crippen LogP contribution is 2.38. The van der Waals surface area contributed by atoms with Crippen molar-refractivity contribution in [3.63, 3.8) is 0 Å². The Balaban J connectivity index is 0.00000300. The van der Waals surface area contributed by atoms with Crippen LogP contribution in [0.4, 0.5) is 0 Å². The molecule has 29 heavy (non-hydrogen) atoms. The Bertz CT molecular complexity index is 698. The van der Waals surface area contributed by atoms with Gasteiger partial charge in [0.15, 0.2) is 6.10 Å². The van der Waals surface area contributed by atoms with E-state index in [-0.39, 0.29) is 34.2 Å². The average molecular weight is 470 g/mol. The number of benzene rings is 1. The van der Waals surface area contributed by atoms with Crippen molar-refractivity contribution >= 4 is 11.9 Å². The highest BCUT2D eigenvalue weighted by Gasteiger charge is 2.48. The largest absolute Gasteiger partial charge is 1.00 e. The first-order valence-corrected chi connectivity index (χ1v) is 10.5. The lowest BCUT2D eigenvalue weighted by atomic mass is 9.90. The number of hydrogen-bond acceptors (Lipinski definition) is 5. The van der Waals surface area contributed by atoms with E-state index in [1.54, 1.807) is 13.8 Å². The molecule has 2 aliphatic rings. The molecule has 6 nitrogen and oxygen atoms in total. The first-order chi connectivity index (χ1) is 13.5. The van der Waals surface area contributed by atoms with E-state index in [0.29, 0.717) is 24.6 Å². The average Bonchev–Trinajstić information content (AvgIpc) is 3.40. The highest BCUT2D eigenvalue weighted by molar-refractivity contribution is 5.77. The lowest BCUT2D eigenvalue weighted by Crippen LogP contribution is -3.00. The second kappa shape index (κ2) is 10.5. The molecule has 1 aliphatic heterocycles. The van der Waals surface area contributed by atoms with Gasteiger partial charge in [0.05, 0.1) is 6.61 Å². The number of esters is 1. The molecule has 0 unspecified atom stereocenters. The molecule has 0 bridgehead atoms. The van der Waals surface area contributed by atoms with Gasteiger partial charge in [-0.1, -0.05) is 37.1 Å². The van der Waals surface area contributed by atoms with Crippen LogP contribution in [0, 0.1) is 0 Å². The summed E-state index contributed by atoms with van der Waals surface area (Å²) in [5.41, 5.74) is 1.66. The second-order valence-electron chi connectivity index (χ2n) is 7.96. The zero-order valence-corrected chi connectivity index (χ0v) is 18.9. The van der Waals surface area contributed by atoms with Crippen LogP contribution in [-0.4, -0.2) is 47.4 Å². The summed E-state index contributed by atoms with van der Waals surface area (Å²) < 4.78 is 5.05. The van der Waals surface area contributed by atoms with Gasteiger partial charge < -0.3 is 26.8 Å². The monoisotopic (exact) mass is 469 g/mol. The molecule has 0 amide bonds. The molecular weight excluding hydrogens is 438 g/mol. The smallest absolute Gasteiger partial charge is 0.399 e.